The summed E-state index contributed by atoms with van der Waals surface area (Å²) in [6.07, 6.45) is 3.74. The predicted octanol–water partition coefficient (Wildman–Crippen LogP) is 2.59. The molecule has 3 nitrogen and oxygen atoms in total. The molecule has 1 rings (SSSR count). The summed E-state index contributed by atoms with van der Waals surface area (Å²) in [6.45, 7) is 0.281. The lowest BCUT2D eigenvalue weighted by Gasteiger charge is -2.02. The summed E-state index contributed by atoms with van der Waals surface area (Å²) in [6, 6.07) is 8.34. The van der Waals surface area contributed by atoms with E-state index in [1.807, 2.05) is 0 Å². The Morgan fingerprint density at radius 1 is 1.19 bits per heavy atom. The van der Waals surface area contributed by atoms with Crippen molar-refractivity contribution in [2.24, 2.45) is 0 Å². The van der Waals surface area contributed by atoms with Crippen molar-refractivity contribution in [1.82, 2.24) is 0 Å². The molecule has 0 saturated carbocycles. The van der Waals surface area contributed by atoms with Gasteiger partial charge in [0.05, 0.1) is 12.9 Å². The zero-order valence-electron chi connectivity index (χ0n) is 9.15. The zero-order chi connectivity index (χ0) is 12.0. The van der Waals surface area contributed by atoms with Crippen LogP contribution in [0, 0.1) is 3.57 Å². The molecule has 0 atom stereocenters. The van der Waals surface area contributed by atoms with Crippen LogP contribution in [-0.4, -0.2) is 21.3 Å². The fourth-order valence-corrected chi connectivity index (χ4v) is 2.07. The van der Waals surface area contributed by atoms with Gasteiger partial charge in [0.2, 0.25) is 0 Å². The lowest BCUT2D eigenvalue weighted by molar-refractivity contribution is 0.312. The van der Waals surface area contributed by atoms with E-state index in [4.69, 9.17) is 0 Å². The van der Waals surface area contributed by atoms with Crippen LogP contribution in [0.3, 0.4) is 0 Å². The quantitative estimate of drug-likeness (QED) is 0.448. The minimum atomic E-state index is -3.28. The van der Waals surface area contributed by atoms with E-state index in [-0.39, 0.29) is 6.61 Å². The summed E-state index contributed by atoms with van der Waals surface area (Å²) in [5, 5.41) is 0. The molecule has 0 unspecified atom stereocenters. The van der Waals surface area contributed by atoms with E-state index < -0.39 is 10.1 Å². The van der Waals surface area contributed by atoms with E-state index in [0.717, 1.165) is 25.5 Å². The van der Waals surface area contributed by atoms with Crippen molar-refractivity contribution < 1.29 is 12.6 Å². The maximum atomic E-state index is 10.7. The highest BCUT2D eigenvalue weighted by molar-refractivity contribution is 14.1. The van der Waals surface area contributed by atoms with Crippen molar-refractivity contribution in [1.29, 1.82) is 0 Å². The fourth-order valence-electron chi connectivity index (χ4n) is 1.29. The molecule has 0 aliphatic carbocycles. The summed E-state index contributed by atoms with van der Waals surface area (Å²) in [5.41, 5.74) is 1.28. The molecule has 16 heavy (non-hydrogen) atoms. The van der Waals surface area contributed by atoms with Crippen LogP contribution in [0.15, 0.2) is 24.3 Å². The van der Waals surface area contributed by atoms with Gasteiger partial charge in [-0.25, -0.2) is 0 Å². The van der Waals surface area contributed by atoms with Crippen LogP contribution in [0.4, 0.5) is 0 Å². The summed E-state index contributed by atoms with van der Waals surface area (Å²) in [5.74, 6) is 0. The second kappa shape index (κ2) is 6.56. The van der Waals surface area contributed by atoms with Gasteiger partial charge in [-0.1, -0.05) is 12.1 Å². The molecule has 0 aromatic heterocycles. The molecule has 0 spiro atoms. The Morgan fingerprint density at radius 2 is 1.81 bits per heavy atom. The molecule has 0 N–H and O–H groups in total. The lowest BCUT2D eigenvalue weighted by atomic mass is 10.1. The highest BCUT2D eigenvalue weighted by Crippen LogP contribution is 2.09. The molecule has 0 aliphatic rings. The zero-order valence-corrected chi connectivity index (χ0v) is 12.1. The predicted molar refractivity (Wildman–Crippen MR) is 72.9 cm³/mol. The van der Waals surface area contributed by atoms with Crippen LogP contribution < -0.4 is 0 Å². The molecule has 0 fully saturated rings. The Hall–Kier alpha value is -0.140. The first-order valence-electron chi connectivity index (χ1n) is 5.06. The maximum absolute atomic E-state index is 10.7. The van der Waals surface area contributed by atoms with Gasteiger partial charge in [0, 0.05) is 3.57 Å². The van der Waals surface area contributed by atoms with Gasteiger partial charge in [0.25, 0.3) is 10.1 Å². The number of halogens is 1. The Bertz CT molecular complexity index is 411. The SMILES string of the molecule is CS(=O)(=O)OCCCCc1ccc(I)cc1. The van der Waals surface area contributed by atoms with Gasteiger partial charge in [0.1, 0.15) is 0 Å². The van der Waals surface area contributed by atoms with E-state index in [2.05, 4.69) is 51.0 Å². The van der Waals surface area contributed by atoms with Crippen molar-refractivity contribution in [2.45, 2.75) is 19.3 Å². The molecule has 0 aliphatic heterocycles. The van der Waals surface area contributed by atoms with Gasteiger partial charge in [0.15, 0.2) is 0 Å². The highest BCUT2D eigenvalue weighted by Gasteiger charge is 2.00. The Kier molecular flexibility index (Phi) is 5.71. The molecule has 0 radical (unpaired) electrons. The van der Waals surface area contributed by atoms with Crippen LogP contribution >= 0.6 is 22.6 Å². The van der Waals surface area contributed by atoms with Gasteiger partial charge in [-0.05, 0) is 59.5 Å². The fraction of sp³-hybridized carbons (Fsp3) is 0.455. The van der Waals surface area contributed by atoms with E-state index in [9.17, 15) is 8.42 Å². The third kappa shape index (κ3) is 6.44. The van der Waals surface area contributed by atoms with Crippen LogP contribution in [-0.2, 0) is 20.7 Å². The minimum absolute atomic E-state index is 0.281. The number of hydrogen-bond donors (Lipinski definition) is 0. The van der Waals surface area contributed by atoms with E-state index >= 15 is 0 Å². The van der Waals surface area contributed by atoms with Crippen molar-refractivity contribution in [2.75, 3.05) is 12.9 Å². The van der Waals surface area contributed by atoms with Gasteiger partial charge in [-0.15, -0.1) is 0 Å². The van der Waals surface area contributed by atoms with Crippen molar-refractivity contribution in [3.8, 4) is 0 Å². The number of benzene rings is 1. The van der Waals surface area contributed by atoms with E-state index in [1.165, 1.54) is 9.13 Å². The van der Waals surface area contributed by atoms with Crippen molar-refractivity contribution in [3.63, 3.8) is 0 Å². The molecule has 5 heteroatoms. The Labute approximate surface area is 110 Å². The molecule has 0 saturated heterocycles. The standard InChI is InChI=1S/C11H15IO3S/c1-16(13,14)15-9-3-2-4-10-5-7-11(12)8-6-10/h5-8H,2-4,9H2,1H3. The Morgan fingerprint density at radius 3 is 2.38 bits per heavy atom. The first-order chi connectivity index (χ1) is 7.47. The highest BCUT2D eigenvalue weighted by atomic mass is 127. The monoisotopic (exact) mass is 354 g/mol. The van der Waals surface area contributed by atoms with Crippen LogP contribution in [0.2, 0.25) is 0 Å². The van der Waals surface area contributed by atoms with E-state index in [1.54, 1.807) is 0 Å². The van der Waals surface area contributed by atoms with Gasteiger partial charge >= 0.3 is 0 Å². The third-order valence-electron chi connectivity index (χ3n) is 2.07. The summed E-state index contributed by atoms with van der Waals surface area (Å²) < 4.78 is 27.2. The van der Waals surface area contributed by atoms with Crippen molar-refractivity contribution in [3.05, 3.63) is 33.4 Å². The first-order valence-corrected chi connectivity index (χ1v) is 7.96. The molecule has 0 amide bonds. The molecule has 1 aromatic rings. The summed E-state index contributed by atoms with van der Waals surface area (Å²) >= 11 is 2.27. The van der Waals surface area contributed by atoms with Gasteiger partial charge in [-0.3, -0.25) is 4.18 Å². The molecule has 0 heterocycles. The van der Waals surface area contributed by atoms with Crippen LogP contribution in [0.5, 0.6) is 0 Å². The third-order valence-corrected chi connectivity index (χ3v) is 3.38. The smallest absolute Gasteiger partial charge is 0.264 e. The largest absolute Gasteiger partial charge is 0.270 e. The second-order valence-corrected chi connectivity index (χ2v) is 6.50. The first kappa shape index (κ1) is 13.9. The minimum Gasteiger partial charge on any atom is -0.270 e. The Balaban J connectivity index is 2.19. The molecular weight excluding hydrogens is 339 g/mol. The molecule has 1 aromatic carbocycles. The average Bonchev–Trinajstić information content (AvgIpc) is 2.19. The summed E-state index contributed by atoms with van der Waals surface area (Å²) in [4.78, 5) is 0. The van der Waals surface area contributed by atoms with Crippen molar-refractivity contribution >= 4 is 32.7 Å². The lowest BCUT2D eigenvalue weighted by Crippen LogP contribution is -2.04. The second-order valence-electron chi connectivity index (χ2n) is 3.61. The molecular formula is C11H15IO3S. The number of unbranched alkanes of at least 4 members (excludes halogenated alkanes) is 1. The number of hydrogen-bond acceptors (Lipinski definition) is 3. The summed E-state index contributed by atoms with van der Waals surface area (Å²) in [7, 11) is -3.28. The molecule has 90 valence electrons. The maximum Gasteiger partial charge on any atom is 0.264 e. The van der Waals surface area contributed by atoms with E-state index in [0.29, 0.717) is 0 Å². The number of aryl methyl sites for hydroxylation is 1. The molecule has 0 bridgehead atoms. The van der Waals surface area contributed by atoms with Crippen LogP contribution in [0.1, 0.15) is 18.4 Å². The average molecular weight is 354 g/mol. The topological polar surface area (TPSA) is 43.4 Å². The normalized spacial score (nSPS) is 11.6. The van der Waals surface area contributed by atoms with Gasteiger partial charge in [-0.2, -0.15) is 8.42 Å². The van der Waals surface area contributed by atoms with Gasteiger partial charge < -0.3 is 0 Å². The number of rotatable bonds is 6. The van der Waals surface area contributed by atoms with Crippen LogP contribution in [0.25, 0.3) is 0 Å².